The van der Waals surface area contributed by atoms with E-state index in [0.29, 0.717) is 0 Å². The van der Waals surface area contributed by atoms with Crippen LogP contribution in [-0.2, 0) is 4.74 Å². The predicted octanol–water partition coefficient (Wildman–Crippen LogP) is 4.00. The quantitative estimate of drug-likeness (QED) is 0.494. The van der Waals surface area contributed by atoms with Crippen molar-refractivity contribution in [2.75, 3.05) is 26.3 Å². The maximum Gasteiger partial charge on any atom is 0.0590 e. The van der Waals surface area contributed by atoms with Crippen LogP contribution in [0.3, 0.4) is 0 Å². The Labute approximate surface area is 109 Å². The third-order valence-corrected chi connectivity index (χ3v) is 2.96. The fraction of sp³-hybridized carbons (Fsp3) is 1.00. The number of hydrogen-bond acceptors (Lipinski definition) is 2. The van der Waals surface area contributed by atoms with Crippen LogP contribution in [0, 0.1) is 5.92 Å². The Hall–Kier alpha value is -0.0800. The molecule has 2 nitrogen and oxygen atoms in total. The van der Waals surface area contributed by atoms with Gasteiger partial charge in [0.1, 0.15) is 0 Å². The molecule has 2 heteroatoms. The number of unbranched alkanes of at least 4 members (excludes halogenated alkanes) is 5. The Morgan fingerprint density at radius 1 is 0.882 bits per heavy atom. The molecule has 0 heterocycles. The van der Waals surface area contributed by atoms with Gasteiger partial charge in [0.15, 0.2) is 0 Å². The van der Waals surface area contributed by atoms with Crippen LogP contribution in [0.25, 0.3) is 0 Å². The summed E-state index contributed by atoms with van der Waals surface area (Å²) in [4.78, 5) is 0. The lowest BCUT2D eigenvalue weighted by Crippen LogP contribution is -2.22. The molecule has 0 radical (unpaired) electrons. The summed E-state index contributed by atoms with van der Waals surface area (Å²) in [6.07, 6.45) is 9.32. The predicted molar refractivity (Wildman–Crippen MR) is 76.5 cm³/mol. The molecule has 0 atom stereocenters. The van der Waals surface area contributed by atoms with Crippen molar-refractivity contribution < 1.29 is 4.74 Å². The highest BCUT2D eigenvalue weighted by molar-refractivity contribution is 4.50. The van der Waals surface area contributed by atoms with Crippen LogP contribution in [0.2, 0.25) is 0 Å². The smallest absolute Gasteiger partial charge is 0.0590 e. The molecule has 1 N–H and O–H groups in total. The van der Waals surface area contributed by atoms with E-state index in [9.17, 15) is 0 Å². The molecule has 0 saturated heterocycles. The van der Waals surface area contributed by atoms with Crippen molar-refractivity contribution in [1.82, 2.24) is 5.32 Å². The van der Waals surface area contributed by atoms with Gasteiger partial charge >= 0.3 is 0 Å². The van der Waals surface area contributed by atoms with Gasteiger partial charge in [-0.25, -0.2) is 0 Å². The molecular formula is C15H33NO. The first kappa shape index (κ1) is 16.9. The Bertz CT molecular complexity index is 137. The third-order valence-electron chi connectivity index (χ3n) is 2.96. The van der Waals surface area contributed by atoms with E-state index < -0.39 is 0 Å². The van der Waals surface area contributed by atoms with Crippen LogP contribution in [-0.4, -0.2) is 26.3 Å². The lowest BCUT2D eigenvalue weighted by Gasteiger charge is -2.07. The van der Waals surface area contributed by atoms with Crippen LogP contribution >= 0.6 is 0 Å². The van der Waals surface area contributed by atoms with Crippen molar-refractivity contribution in [3.05, 3.63) is 0 Å². The van der Waals surface area contributed by atoms with Gasteiger partial charge in [-0.3, -0.25) is 0 Å². The van der Waals surface area contributed by atoms with Gasteiger partial charge in [0.05, 0.1) is 6.61 Å². The van der Waals surface area contributed by atoms with Gasteiger partial charge in [-0.1, -0.05) is 52.9 Å². The fourth-order valence-electron chi connectivity index (χ4n) is 1.75. The Kier molecular flexibility index (Phi) is 13.9. The summed E-state index contributed by atoms with van der Waals surface area (Å²) in [5.74, 6) is 0.798. The average Bonchev–Trinajstić information content (AvgIpc) is 2.30. The monoisotopic (exact) mass is 243 g/mol. The molecule has 0 aliphatic carbocycles. The number of hydrogen-bond donors (Lipinski definition) is 1. The second kappa shape index (κ2) is 14.0. The molecule has 0 rings (SSSR count). The summed E-state index contributed by atoms with van der Waals surface area (Å²) in [5, 5.41) is 3.41. The lowest BCUT2D eigenvalue weighted by atomic mass is 10.1. The van der Waals surface area contributed by atoms with Gasteiger partial charge in [0.2, 0.25) is 0 Å². The zero-order valence-corrected chi connectivity index (χ0v) is 12.3. The second-order valence-electron chi connectivity index (χ2n) is 5.31. The zero-order valence-electron chi connectivity index (χ0n) is 12.3. The maximum absolute atomic E-state index is 5.58. The van der Waals surface area contributed by atoms with E-state index in [-0.39, 0.29) is 0 Å². The highest BCUT2D eigenvalue weighted by Gasteiger charge is 1.94. The van der Waals surface area contributed by atoms with Crippen LogP contribution < -0.4 is 5.32 Å². The van der Waals surface area contributed by atoms with E-state index >= 15 is 0 Å². The van der Waals surface area contributed by atoms with Crippen molar-refractivity contribution in [3.63, 3.8) is 0 Å². The van der Waals surface area contributed by atoms with E-state index in [1.54, 1.807) is 0 Å². The number of nitrogens with one attached hydrogen (secondary N) is 1. The minimum Gasteiger partial charge on any atom is -0.380 e. The largest absolute Gasteiger partial charge is 0.380 e. The molecule has 0 aromatic heterocycles. The highest BCUT2D eigenvalue weighted by Crippen LogP contribution is 2.04. The average molecular weight is 243 g/mol. The van der Waals surface area contributed by atoms with Crippen molar-refractivity contribution >= 4 is 0 Å². The first-order chi connectivity index (χ1) is 8.27. The molecule has 17 heavy (non-hydrogen) atoms. The molecule has 0 fully saturated rings. The molecule has 0 spiro atoms. The molecular weight excluding hydrogens is 210 g/mol. The topological polar surface area (TPSA) is 21.3 Å². The van der Waals surface area contributed by atoms with Gasteiger partial charge in [-0.15, -0.1) is 0 Å². The molecule has 0 aliphatic heterocycles. The minimum absolute atomic E-state index is 0.798. The Morgan fingerprint density at radius 2 is 1.59 bits per heavy atom. The Morgan fingerprint density at radius 3 is 2.29 bits per heavy atom. The van der Waals surface area contributed by atoms with E-state index in [4.69, 9.17) is 4.74 Å². The van der Waals surface area contributed by atoms with E-state index in [2.05, 4.69) is 26.1 Å². The molecule has 0 unspecified atom stereocenters. The number of ether oxygens (including phenoxy) is 1. The van der Waals surface area contributed by atoms with Crippen molar-refractivity contribution in [2.45, 2.75) is 65.7 Å². The molecule has 0 saturated carbocycles. The van der Waals surface area contributed by atoms with E-state index in [1.165, 1.54) is 44.9 Å². The lowest BCUT2D eigenvalue weighted by molar-refractivity contribution is 0.131. The van der Waals surface area contributed by atoms with Crippen LogP contribution in [0.1, 0.15) is 65.7 Å². The van der Waals surface area contributed by atoms with Gasteiger partial charge in [0, 0.05) is 13.2 Å². The van der Waals surface area contributed by atoms with Crippen molar-refractivity contribution in [3.8, 4) is 0 Å². The summed E-state index contributed by atoms with van der Waals surface area (Å²) in [6, 6.07) is 0. The van der Waals surface area contributed by atoms with E-state index in [0.717, 1.165) is 32.2 Å². The van der Waals surface area contributed by atoms with E-state index in [1.807, 2.05) is 0 Å². The minimum atomic E-state index is 0.798. The number of rotatable bonds is 13. The van der Waals surface area contributed by atoms with Crippen molar-refractivity contribution in [2.24, 2.45) is 5.92 Å². The standard InChI is InChI=1S/C15H33NO/c1-4-5-6-7-8-9-13-17-14-12-16-11-10-15(2)3/h15-16H,4-14H2,1-3H3. The highest BCUT2D eigenvalue weighted by atomic mass is 16.5. The first-order valence-corrected chi connectivity index (χ1v) is 7.55. The molecule has 0 bridgehead atoms. The van der Waals surface area contributed by atoms with Gasteiger partial charge in [0.25, 0.3) is 0 Å². The summed E-state index contributed by atoms with van der Waals surface area (Å²) in [7, 11) is 0. The summed E-state index contributed by atoms with van der Waals surface area (Å²) >= 11 is 0. The van der Waals surface area contributed by atoms with Crippen molar-refractivity contribution in [1.29, 1.82) is 0 Å². The molecule has 0 aliphatic rings. The molecule has 0 aromatic carbocycles. The van der Waals surface area contributed by atoms with Gasteiger partial charge in [-0.2, -0.15) is 0 Å². The normalized spacial score (nSPS) is 11.3. The molecule has 0 aromatic rings. The second-order valence-corrected chi connectivity index (χ2v) is 5.31. The maximum atomic E-state index is 5.58. The summed E-state index contributed by atoms with van der Waals surface area (Å²) < 4.78 is 5.58. The van der Waals surface area contributed by atoms with Crippen LogP contribution in [0.15, 0.2) is 0 Å². The van der Waals surface area contributed by atoms with Crippen LogP contribution in [0.5, 0.6) is 0 Å². The molecule has 104 valence electrons. The van der Waals surface area contributed by atoms with Gasteiger partial charge in [-0.05, 0) is 25.3 Å². The van der Waals surface area contributed by atoms with Gasteiger partial charge < -0.3 is 10.1 Å². The van der Waals surface area contributed by atoms with Crippen LogP contribution in [0.4, 0.5) is 0 Å². The summed E-state index contributed by atoms with van der Waals surface area (Å²) in [6.45, 7) is 10.7. The fourth-order valence-corrected chi connectivity index (χ4v) is 1.75. The first-order valence-electron chi connectivity index (χ1n) is 7.55. The zero-order chi connectivity index (χ0) is 12.8. The summed E-state index contributed by atoms with van der Waals surface area (Å²) in [5.41, 5.74) is 0. The SMILES string of the molecule is CCCCCCCCOCCNCCC(C)C. The third kappa shape index (κ3) is 15.9. The molecule has 0 amide bonds. The Balaban J connectivity index is 2.89.